The molecule has 13 heavy (non-hydrogen) atoms. The third kappa shape index (κ3) is 1.78. The SMILES string of the molecule is Brc1ccc(-c2nn[nH]n2)c(Br)c1. The maximum atomic E-state index is 3.88. The maximum Gasteiger partial charge on any atom is 0.205 e. The normalized spacial score (nSPS) is 10.3. The average molecular weight is 304 g/mol. The van der Waals surface area contributed by atoms with Crippen LogP contribution < -0.4 is 0 Å². The molecule has 0 radical (unpaired) electrons. The molecule has 1 N–H and O–H groups in total. The van der Waals surface area contributed by atoms with Gasteiger partial charge in [-0.05, 0) is 39.3 Å². The minimum Gasteiger partial charge on any atom is -0.177 e. The molecule has 1 heterocycles. The zero-order chi connectivity index (χ0) is 9.26. The first-order chi connectivity index (χ1) is 6.27. The summed E-state index contributed by atoms with van der Waals surface area (Å²) in [6, 6.07) is 5.78. The lowest BCUT2D eigenvalue weighted by molar-refractivity contribution is 0.881. The smallest absolute Gasteiger partial charge is 0.177 e. The van der Waals surface area contributed by atoms with Gasteiger partial charge in [-0.15, -0.1) is 10.2 Å². The van der Waals surface area contributed by atoms with Gasteiger partial charge in [0.25, 0.3) is 0 Å². The molecule has 0 aliphatic carbocycles. The molecule has 2 aromatic rings. The average Bonchev–Trinajstić information content (AvgIpc) is 2.56. The Bertz CT molecular complexity index is 412. The van der Waals surface area contributed by atoms with Gasteiger partial charge < -0.3 is 0 Å². The van der Waals surface area contributed by atoms with Crippen LogP contribution in [-0.4, -0.2) is 20.6 Å². The predicted molar refractivity (Wildman–Crippen MR) is 55.0 cm³/mol. The van der Waals surface area contributed by atoms with Gasteiger partial charge in [-0.1, -0.05) is 15.9 Å². The number of nitrogens with one attached hydrogen (secondary N) is 1. The van der Waals surface area contributed by atoms with Crippen molar-refractivity contribution in [3.8, 4) is 11.4 Å². The molecule has 4 nitrogen and oxygen atoms in total. The Hall–Kier alpha value is -0.750. The molecule has 0 unspecified atom stereocenters. The van der Waals surface area contributed by atoms with Crippen molar-refractivity contribution in [2.75, 3.05) is 0 Å². The van der Waals surface area contributed by atoms with Gasteiger partial charge in [-0.2, -0.15) is 5.21 Å². The van der Waals surface area contributed by atoms with Crippen molar-refractivity contribution in [1.82, 2.24) is 20.6 Å². The van der Waals surface area contributed by atoms with Crippen LogP contribution in [-0.2, 0) is 0 Å². The standard InChI is InChI=1S/C7H4Br2N4/c8-4-1-2-5(6(9)3-4)7-10-12-13-11-7/h1-3H,(H,10,11,12,13). The Morgan fingerprint density at radius 3 is 2.69 bits per heavy atom. The van der Waals surface area contributed by atoms with E-state index < -0.39 is 0 Å². The fourth-order valence-corrected chi connectivity index (χ4v) is 2.17. The molecule has 0 saturated carbocycles. The first-order valence-electron chi connectivity index (χ1n) is 3.46. The minimum atomic E-state index is 0.583. The summed E-state index contributed by atoms with van der Waals surface area (Å²) in [5.41, 5.74) is 0.914. The molecule has 1 aromatic heterocycles. The number of hydrogen-bond acceptors (Lipinski definition) is 3. The number of hydrogen-bond donors (Lipinski definition) is 1. The molecule has 1 aromatic carbocycles. The van der Waals surface area contributed by atoms with Crippen LogP contribution in [0.1, 0.15) is 0 Å². The van der Waals surface area contributed by atoms with Gasteiger partial charge in [0.15, 0.2) is 0 Å². The molecule has 6 heteroatoms. The summed E-state index contributed by atoms with van der Waals surface area (Å²) < 4.78 is 1.94. The molecule has 0 aliphatic heterocycles. The summed E-state index contributed by atoms with van der Waals surface area (Å²) in [5.74, 6) is 0.583. The zero-order valence-corrected chi connectivity index (χ0v) is 9.50. The molecule has 0 bridgehead atoms. The molecule has 2 rings (SSSR count). The van der Waals surface area contributed by atoms with Gasteiger partial charge in [-0.3, -0.25) is 0 Å². The fourth-order valence-electron chi connectivity index (χ4n) is 0.947. The summed E-state index contributed by atoms with van der Waals surface area (Å²) in [6.45, 7) is 0. The summed E-state index contributed by atoms with van der Waals surface area (Å²) in [4.78, 5) is 0. The number of halogens is 2. The highest BCUT2D eigenvalue weighted by atomic mass is 79.9. The van der Waals surface area contributed by atoms with Crippen LogP contribution >= 0.6 is 31.9 Å². The molecule has 0 spiro atoms. The van der Waals surface area contributed by atoms with E-state index in [-0.39, 0.29) is 0 Å². The Morgan fingerprint density at radius 1 is 1.23 bits per heavy atom. The number of aromatic amines is 1. The number of rotatable bonds is 1. The Balaban J connectivity index is 2.53. The summed E-state index contributed by atoms with van der Waals surface area (Å²) in [5, 5.41) is 13.7. The number of nitrogens with zero attached hydrogens (tertiary/aromatic N) is 3. The first kappa shape index (κ1) is 8.83. The first-order valence-corrected chi connectivity index (χ1v) is 5.05. The van der Waals surface area contributed by atoms with E-state index >= 15 is 0 Å². The van der Waals surface area contributed by atoms with E-state index in [1.165, 1.54) is 0 Å². The lowest BCUT2D eigenvalue weighted by Gasteiger charge is -1.98. The summed E-state index contributed by atoms with van der Waals surface area (Å²) >= 11 is 6.78. The predicted octanol–water partition coefficient (Wildman–Crippen LogP) is 2.39. The largest absolute Gasteiger partial charge is 0.205 e. The zero-order valence-electron chi connectivity index (χ0n) is 6.33. The number of tetrazole rings is 1. The Morgan fingerprint density at radius 2 is 2.08 bits per heavy atom. The van der Waals surface area contributed by atoms with Crippen LogP contribution in [0.5, 0.6) is 0 Å². The van der Waals surface area contributed by atoms with Gasteiger partial charge in [0.2, 0.25) is 5.82 Å². The molecule has 0 amide bonds. The molecular weight excluding hydrogens is 300 g/mol. The Kier molecular flexibility index (Phi) is 2.41. The van der Waals surface area contributed by atoms with Gasteiger partial charge in [-0.25, -0.2) is 0 Å². The second kappa shape index (κ2) is 3.55. The van der Waals surface area contributed by atoms with E-state index in [0.29, 0.717) is 5.82 Å². The highest BCUT2D eigenvalue weighted by Crippen LogP contribution is 2.27. The van der Waals surface area contributed by atoms with Crippen LogP contribution in [0.25, 0.3) is 11.4 Å². The lowest BCUT2D eigenvalue weighted by Crippen LogP contribution is -1.82. The van der Waals surface area contributed by atoms with E-state index in [1.54, 1.807) is 0 Å². The number of H-pyrrole nitrogens is 1. The second-order valence-corrected chi connectivity index (χ2v) is 4.13. The van der Waals surface area contributed by atoms with Crippen molar-refractivity contribution in [3.63, 3.8) is 0 Å². The molecule has 0 fully saturated rings. The van der Waals surface area contributed by atoms with Gasteiger partial charge in [0, 0.05) is 14.5 Å². The highest BCUT2D eigenvalue weighted by molar-refractivity contribution is 9.11. The minimum absolute atomic E-state index is 0.583. The monoisotopic (exact) mass is 302 g/mol. The molecule has 66 valence electrons. The maximum absolute atomic E-state index is 3.88. The highest BCUT2D eigenvalue weighted by Gasteiger charge is 2.06. The van der Waals surface area contributed by atoms with Crippen molar-refractivity contribution in [1.29, 1.82) is 0 Å². The van der Waals surface area contributed by atoms with E-state index in [2.05, 4.69) is 52.5 Å². The van der Waals surface area contributed by atoms with Crippen molar-refractivity contribution in [2.24, 2.45) is 0 Å². The number of benzene rings is 1. The van der Waals surface area contributed by atoms with Crippen molar-refractivity contribution in [2.45, 2.75) is 0 Å². The van der Waals surface area contributed by atoms with Crippen molar-refractivity contribution >= 4 is 31.9 Å². The van der Waals surface area contributed by atoms with Crippen LogP contribution in [0, 0.1) is 0 Å². The molecule has 0 saturated heterocycles. The van der Waals surface area contributed by atoms with E-state index in [1.807, 2.05) is 18.2 Å². The quantitative estimate of drug-likeness (QED) is 0.880. The van der Waals surface area contributed by atoms with Gasteiger partial charge in [0.1, 0.15) is 0 Å². The van der Waals surface area contributed by atoms with E-state index in [9.17, 15) is 0 Å². The molecule has 0 aliphatic rings. The number of aromatic nitrogens is 4. The Labute approximate surface area is 91.0 Å². The van der Waals surface area contributed by atoms with E-state index in [0.717, 1.165) is 14.5 Å². The molecule has 0 atom stereocenters. The van der Waals surface area contributed by atoms with Crippen LogP contribution in [0.15, 0.2) is 27.1 Å². The molecular formula is C7H4Br2N4. The summed E-state index contributed by atoms with van der Waals surface area (Å²) in [7, 11) is 0. The van der Waals surface area contributed by atoms with Crippen LogP contribution in [0.2, 0.25) is 0 Å². The van der Waals surface area contributed by atoms with E-state index in [4.69, 9.17) is 0 Å². The van der Waals surface area contributed by atoms with Crippen LogP contribution in [0.3, 0.4) is 0 Å². The van der Waals surface area contributed by atoms with Crippen molar-refractivity contribution in [3.05, 3.63) is 27.1 Å². The lowest BCUT2D eigenvalue weighted by atomic mass is 10.2. The summed E-state index contributed by atoms with van der Waals surface area (Å²) in [6.07, 6.45) is 0. The van der Waals surface area contributed by atoms with Gasteiger partial charge in [0.05, 0.1) is 0 Å². The topological polar surface area (TPSA) is 54.5 Å². The van der Waals surface area contributed by atoms with Crippen molar-refractivity contribution < 1.29 is 0 Å². The third-order valence-electron chi connectivity index (χ3n) is 1.52. The van der Waals surface area contributed by atoms with Crippen LogP contribution in [0.4, 0.5) is 0 Å². The third-order valence-corrected chi connectivity index (χ3v) is 2.67. The van der Waals surface area contributed by atoms with Gasteiger partial charge >= 0.3 is 0 Å². The fraction of sp³-hybridized carbons (Fsp3) is 0. The second-order valence-electron chi connectivity index (χ2n) is 2.36.